The van der Waals surface area contributed by atoms with Crippen LogP contribution < -0.4 is 15.2 Å². The van der Waals surface area contributed by atoms with E-state index in [0.717, 1.165) is 17.3 Å². The normalized spacial score (nSPS) is 10.7. The monoisotopic (exact) mass is 261 g/mol. The third kappa shape index (κ3) is 3.19. The average molecular weight is 261 g/mol. The van der Waals surface area contributed by atoms with Gasteiger partial charge in [-0.2, -0.15) is 0 Å². The zero-order valence-electron chi connectivity index (χ0n) is 11.5. The third-order valence-electron chi connectivity index (χ3n) is 2.81. The summed E-state index contributed by atoms with van der Waals surface area (Å²) in [5, 5.41) is 0. The quantitative estimate of drug-likeness (QED) is 0.898. The van der Waals surface area contributed by atoms with Gasteiger partial charge in [0.25, 0.3) is 0 Å². The highest BCUT2D eigenvalue weighted by atomic mass is 16.5. The second-order valence-corrected chi connectivity index (χ2v) is 4.55. The first-order chi connectivity index (χ1) is 9.10. The van der Waals surface area contributed by atoms with Crippen molar-refractivity contribution in [3.8, 4) is 11.5 Å². The highest BCUT2D eigenvalue weighted by Crippen LogP contribution is 2.19. The fraction of sp³-hybridized carbons (Fsp3) is 0.357. The fourth-order valence-corrected chi connectivity index (χ4v) is 1.83. The van der Waals surface area contributed by atoms with Crippen molar-refractivity contribution in [2.75, 3.05) is 12.8 Å². The maximum Gasteiger partial charge on any atom is 0.149 e. The summed E-state index contributed by atoms with van der Waals surface area (Å²) in [5.74, 6) is 2.92. The summed E-state index contributed by atoms with van der Waals surface area (Å²) < 4.78 is 12.8. The molecule has 19 heavy (non-hydrogen) atoms. The molecule has 0 amide bonds. The second-order valence-electron chi connectivity index (χ2n) is 4.55. The van der Waals surface area contributed by atoms with Gasteiger partial charge in [0.2, 0.25) is 0 Å². The molecule has 0 bridgehead atoms. The summed E-state index contributed by atoms with van der Waals surface area (Å²) in [4.78, 5) is 4.27. The molecule has 0 unspecified atom stereocenters. The lowest BCUT2D eigenvalue weighted by Gasteiger charge is -2.12. The Morgan fingerprint density at radius 2 is 1.84 bits per heavy atom. The molecular weight excluding hydrogens is 242 g/mol. The van der Waals surface area contributed by atoms with Crippen LogP contribution in [0, 0.1) is 0 Å². The minimum absolute atomic E-state index is 0.305. The van der Waals surface area contributed by atoms with Crippen molar-refractivity contribution < 1.29 is 9.47 Å². The molecule has 0 aliphatic rings. The number of anilines is 1. The Balaban J connectivity index is 2.05. The molecule has 0 atom stereocenters. The van der Waals surface area contributed by atoms with Gasteiger partial charge in [0.15, 0.2) is 0 Å². The number of hydrogen-bond acceptors (Lipinski definition) is 4. The Labute approximate surface area is 113 Å². The molecule has 2 rings (SSSR count). The molecule has 1 aromatic carbocycles. The van der Waals surface area contributed by atoms with Gasteiger partial charge in [-0.15, -0.1) is 0 Å². The molecule has 1 heterocycles. The van der Waals surface area contributed by atoms with E-state index in [1.165, 1.54) is 0 Å². The Hall–Kier alpha value is -2.17. The van der Waals surface area contributed by atoms with Crippen molar-refractivity contribution >= 4 is 5.82 Å². The largest absolute Gasteiger partial charge is 0.497 e. The van der Waals surface area contributed by atoms with Crippen molar-refractivity contribution in [1.82, 2.24) is 9.55 Å². The molecular formula is C14H19N3O2. The molecule has 0 spiro atoms. The van der Waals surface area contributed by atoms with Crippen molar-refractivity contribution in [1.29, 1.82) is 0 Å². The van der Waals surface area contributed by atoms with Gasteiger partial charge in [-0.05, 0) is 38.1 Å². The first kappa shape index (κ1) is 13.3. The zero-order valence-corrected chi connectivity index (χ0v) is 11.5. The van der Waals surface area contributed by atoms with E-state index >= 15 is 0 Å². The maximum absolute atomic E-state index is 5.72. The Kier molecular flexibility index (Phi) is 3.94. The Bertz CT molecular complexity index is 532. The van der Waals surface area contributed by atoms with E-state index in [1.807, 2.05) is 35.0 Å². The van der Waals surface area contributed by atoms with E-state index in [2.05, 4.69) is 18.8 Å². The zero-order chi connectivity index (χ0) is 13.8. The van der Waals surface area contributed by atoms with Crippen LogP contribution >= 0.6 is 0 Å². The van der Waals surface area contributed by atoms with Gasteiger partial charge in [-0.25, -0.2) is 4.98 Å². The number of benzene rings is 1. The van der Waals surface area contributed by atoms with Crippen LogP contribution in [-0.2, 0) is 6.61 Å². The van der Waals surface area contributed by atoms with Crippen LogP contribution in [0.5, 0.6) is 11.5 Å². The highest BCUT2D eigenvalue weighted by Gasteiger charge is 2.09. The van der Waals surface area contributed by atoms with Crippen LogP contribution in [0.2, 0.25) is 0 Å². The number of nitrogens with zero attached hydrogens (tertiary/aromatic N) is 2. The van der Waals surface area contributed by atoms with E-state index in [4.69, 9.17) is 15.2 Å². The molecule has 2 aromatic rings. The summed E-state index contributed by atoms with van der Waals surface area (Å²) in [6, 6.07) is 7.76. The molecule has 102 valence electrons. The summed E-state index contributed by atoms with van der Waals surface area (Å²) >= 11 is 0. The van der Waals surface area contributed by atoms with E-state index in [1.54, 1.807) is 7.11 Å². The minimum Gasteiger partial charge on any atom is -0.497 e. The first-order valence-corrected chi connectivity index (χ1v) is 6.20. The van der Waals surface area contributed by atoms with Gasteiger partial charge in [0.05, 0.1) is 7.11 Å². The third-order valence-corrected chi connectivity index (χ3v) is 2.81. The average Bonchev–Trinajstić information content (AvgIpc) is 2.78. The van der Waals surface area contributed by atoms with Crippen molar-refractivity contribution in [3.05, 3.63) is 36.3 Å². The topological polar surface area (TPSA) is 62.3 Å². The lowest BCUT2D eigenvalue weighted by atomic mass is 10.3. The van der Waals surface area contributed by atoms with Crippen LogP contribution in [-0.4, -0.2) is 16.7 Å². The number of ether oxygens (including phenoxy) is 2. The lowest BCUT2D eigenvalue weighted by molar-refractivity contribution is 0.286. The molecule has 1 aromatic heterocycles. The summed E-state index contributed by atoms with van der Waals surface area (Å²) in [6.45, 7) is 4.55. The molecule has 2 N–H and O–H groups in total. The van der Waals surface area contributed by atoms with Gasteiger partial charge in [0.1, 0.15) is 29.7 Å². The number of hydrogen-bond donors (Lipinski definition) is 1. The molecule has 0 aliphatic heterocycles. The molecule has 0 saturated carbocycles. The smallest absolute Gasteiger partial charge is 0.149 e. The van der Waals surface area contributed by atoms with Crippen LogP contribution in [0.3, 0.4) is 0 Å². The van der Waals surface area contributed by atoms with Crippen LogP contribution in [0.25, 0.3) is 0 Å². The molecule has 0 radical (unpaired) electrons. The van der Waals surface area contributed by atoms with Crippen LogP contribution in [0.15, 0.2) is 30.5 Å². The number of rotatable bonds is 5. The Morgan fingerprint density at radius 3 is 2.42 bits per heavy atom. The number of methoxy groups -OCH3 is 1. The van der Waals surface area contributed by atoms with Gasteiger partial charge in [-0.3, -0.25) is 0 Å². The van der Waals surface area contributed by atoms with Crippen LogP contribution in [0.4, 0.5) is 5.82 Å². The van der Waals surface area contributed by atoms with E-state index in [-0.39, 0.29) is 0 Å². The highest BCUT2D eigenvalue weighted by molar-refractivity contribution is 5.31. The predicted molar refractivity (Wildman–Crippen MR) is 74.4 cm³/mol. The lowest BCUT2D eigenvalue weighted by Crippen LogP contribution is -2.08. The second kappa shape index (κ2) is 5.65. The van der Waals surface area contributed by atoms with Gasteiger partial charge in [0, 0.05) is 12.2 Å². The van der Waals surface area contributed by atoms with Gasteiger partial charge < -0.3 is 19.8 Å². The molecule has 0 saturated heterocycles. The molecule has 0 aliphatic carbocycles. The first-order valence-electron chi connectivity index (χ1n) is 6.20. The number of nitrogen functional groups attached to an aromatic ring is 1. The predicted octanol–water partition coefficient (Wildman–Crippen LogP) is 2.63. The summed E-state index contributed by atoms with van der Waals surface area (Å²) in [7, 11) is 1.64. The number of imidazole rings is 1. The fourth-order valence-electron chi connectivity index (χ4n) is 1.83. The number of aromatic nitrogens is 2. The molecule has 5 nitrogen and oxygen atoms in total. The van der Waals surface area contributed by atoms with Gasteiger partial charge >= 0.3 is 0 Å². The van der Waals surface area contributed by atoms with E-state index < -0.39 is 0 Å². The Morgan fingerprint density at radius 1 is 1.21 bits per heavy atom. The van der Waals surface area contributed by atoms with Crippen LogP contribution in [0.1, 0.15) is 25.7 Å². The summed E-state index contributed by atoms with van der Waals surface area (Å²) in [6.07, 6.45) is 1.83. The van der Waals surface area contributed by atoms with Gasteiger partial charge in [-0.1, -0.05) is 0 Å². The standard InChI is InChI=1S/C14H19N3O2/c1-10(2)17-8-13(15)16-14(17)9-19-12-6-4-11(18-3)5-7-12/h4-8,10H,9,15H2,1-3H3. The van der Waals surface area contributed by atoms with Crippen molar-refractivity contribution in [2.45, 2.75) is 26.5 Å². The van der Waals surface area contributed by atoms with Crippen molar-refractivity contribution in [3.63, 3.8) is 0 Å². The molecule has 5 heteroatoms. The van der Waals surface area contributed by atoms with E-state index in [9.17, 15) is 0 Å². The maximum atomic E-state index is 5.72. The minimum atomic E-state index is 0.305. The molecule has 0 fully saturated rings. The SMILES string of the molecule is COc1ccc(OCc2nc(N)cn2C(C)C)cc1. The van der Waals surface area contributed by atoms with Crippen molar-refractivity contribution in [2.24, 2.45) is 0 Å². The number of nitrogens with two attached hydrogens (primary N) is 1. The summed E-state index contributed by atoms with van der Waals surface area (Å²) in [5.41, 5.74) is 5.72. The van der Waals surface area contributed by atoms with E-state index in [0.29, 0.717) is 18.5 Å².